The molecule has 0 radical (unpaired) electrons. The number of rotatable bonds is 7. The Balaban J connectivity index is 3.16. The molecule has 5 heteroatoms. The smallest absolute Gasteiger partial charge is 0.324 e. The molecular formula is C12H14O3P2. The third-order valence-corrected chi connectivity index (χ3v) is 3.42. The van der Waals surface area contributed by atoms with Crippen LogP contribution in [-0.4, -0.2) is 0 Å². The zero-order valence-electron chi connectivity index (χ0n) is 9.39. The van der Waals surface area contributed by atoms with Crippen LogP contribution >= 0.6 is 15.9 Å². The fraction of sp³-hybridized carbons (Fsp3) is 0.167. The van der Waals surface area contributed by atoms with E-state index in [1.165, 1.54) is 0 Å². The molecule has 90 valence electrons. The molecule has 0 heterocycles. The number of allylic oxidation sites excluding steroid dienone is 2. The van der Waals surface area contributed by atoms with Crippen LogP contribution in [0.3, 0.4) is 0 Å². The van der Waals surface area contributed by atoms with E-state index in [1.54, 1.807) is 12.2 Å². The third kappa shape index (κ3) is 3.96. The third-order valence-electron chi connectivity index (χ3n) is 2.17. The Hall–Kier alpha value is -1.17. The molecule has 1 aromatic rings. The highest BCUT2D eigenvalue weighted by atomic mass is 32.0. The van der Waals surface area contributed by atoms with Gasteiger partial charge in [-0.2, -0.15) is 0 Å². The molecule has 3 nitrogen and oxygen atoms in total. The molecule has 0 N–H and O–H groups in total. The Kier molecular flexibility index (Phi) is 5.90. The molecule has 0 amide bonds. The van der Waals surface area contributed by atoms with Crippen molar-refractivity contribution in [3.63, 3.8) is 0 Å². The molecule has 0 aliphatic carbocycles. The van der Waals surface area contributed by atoms with Crippen LogP contribution in [0.25, 0.3) is 0 Å². The highest BCUT2D eigenvalue weighted by molar-refractivity contribution is 8.07. The van der Waals surface area contributed by atoms with Crippen molar-refractivity contribution in [2.45, 2.75) is 12.8 Å². The molecule has 1 rings (SSSR count). The Morgan fingerprint density at radius 2 is 1.76 bits per heavy atom. The van der Waals surface area contributed by atoms with Gasteiger partial charge in [-0.25, -0.2) is 0 Å². The summed E-state index contributed by atoms with van der Waals surface area (Å²) in [6.07, 6.45) is 4.72. The molecule has 17 heavy (non-hydrogen) atoms. The minimum atomic E-state index is -2.56. The van der Waals surface area contributed by atoms with E-state index < -0.39 is 15.9 Å². The van der Waals surface area contributed by atoms with Crippen LogP contribution in [0.1, 0.15) is 11.1 Å². The molecule has 0 spiro atoms. The van der Waals surface area contributed by atoms with Gasteiger partial charge in [0.25, 0.3) is 8.15 Å². The topological polar surface area (TPSA) is 43.4 Å². The van der Waals surface area contributed by atoms with E-state index >= 15 is 0 Å². The van der Waals surface area contributed by atoms with Gasteiger partial charge in [-0.15, -0.1) is 13.2 Å². The molecule has 0 saturated carbocycles. The van der Waals surface area contributed by atoms with E-state index in [1.807, 2.05) is 18.2 Å². The fourth-order valence-corrected chi connectivity index (χ4v) is 2.37. The van der Waals surface area contributed by atoms with Crippen LogP contribution < -0.4 is 4.52 Å². The number of hydrogen-bond acceptors (Lipinski definition) is 3. The molecule has 1 aromatic carbocycles. The van der Waals surface area contributed by atoms with Crippen molar-refractivity contribution in [3.8, 4) is 5.75 Å². The first kappa shape index (κ1) is 13.9. The normalized spacial score (nSPS) is 12.0. The lowest BCUT2D eigenvalue weighted by Crippen LogP contribution is -1.94. The highest BCUT2D eigenvalue weighted by Gasteiger charge is 2.11. The monoisotopic (exact) mass is 268 g/mol. The second kappa shape index (κ2) is 7.21. The predicted octanol–water partition coefficient (Wildman–Crippen LogP) is 4.20. The first-order valence-corrected chi connectivity index (χ1v) is 8.07. The average Bonchev–Trinajstić information content (AvgIpc) is 2.33. The van der Waals surface area contributed by atoms with Gasteiger partial charge in [0, 0.05) is 0 Å². The largest absolute Gasteiger partial charge is 0.437 e. The molecule has 0 aromatic heterocycles. The van der Waals surface area contributed by atoms with Crippen LogP contribution in [0.2, 0.25) is 0 Å². The van der Waals surface area contributed by atoms with Gasteiger partial charge in [0.1, 0.15) is 5.75 Å². The minimum absolute atomic E-state index is 0.464. The zero-order valence-corrected chi connectivity index (χ0v) is 11.3. The molecule has 0 bridgehead atoms. The maximum atomic E-state index is 11.3. The molecule has 0 aliphatic rings. The molecule has 0 aliphatic heterocycles. The minimum Gasteiger partial charge on any atom is -0.437 e. The lowest BCUT2D eigenvalue weighted by atomic mass is 10.0. The first-order chi connectivity index (χ1) is 8.22. The van der Waals surface area contributed by atoms with Gasteiger partial charge in [-0.1, -0.05) is 30.4 Å². The fourth-order valence-electron chi connectivity index (χ4n) is 1.51. The lowest BCUT2D eigenvalue weighted by molar-refractivity contribution is 0.510. The van der Waals surface area contributed by atoms with Crippen molar-refractivity contribution in [1.82, 2.24) is 0 Å². The number of hydrogen-bond donors (Lipinski definition) is 0. The van der Waals surface area contributed by atoms with Gasteiger partial charge in [-0.05, 0) is 24.0 Å². The first-order valence-electron chi connectivity index (χ1n) is 5.10. The second-order valence-corrected chi connectivity index (χ2v) is 5.91. The predicted molar refractivity (Wildman–Crippen MR) is 71.5 cm³/mol. The molecule has 0 saturated heterocycles. The SMILES string of the molecule is C=CCc1cccc(CC=C)c1O[PH](=O)P=O. The molecule has 0 fully saturated rings. The molecular weight excluding hydrogens is 254 g/mol. The Morgan fingerprint density at radius 1 is 1.24 bits per heavy atom. The van der Waals surface area contributed by atoms with E-state index in [4.69, 9.17) is 4.52 Å². The molecule has 1 atom stereocenters. The second-order valence-electron chi connectivity index (χ2n) is 3.35. The summed E-state index contributed by atoms with van der Waals surface area (Å²) in [4.78, 5) is 0. The van der Waals surface area contributed by atoms with Gasteiger partial charge in [-0.3, -0.25) is 9.13 Å². The summed E-state index contributed by atoms with van der Waals surface area (Å²) in [6.45, 7) is 7.33. The van der Waals surface area contributed by atoms with Crippen LogP contribution in [0.15, 0.2) is 43.5 Å². The van der Waals surface area contributed by atoms with Crippen molar-refractivity contribution in [1.29, 1.82) is 0 Å². The van der Waals surface area contributed by atoms with Crippen molar-refractivity contribution in [2.24, 2.45) is 0 Å². The van der Waals surface area contributed by atoms with E-state index in [9.17, 15) is 9.13 Å². The molecule has 1 unspecified atom stereocenters. The van der Waals surface area contributed by atoms with Gasteiger partial charge in [0.05, 0.1) is 0 Å². The van der Waals surface area contributed by atoms with Crippen LogP contribution in [-0.2, 0) is 22.0 Å². The summed E-state index contributed by atoms with van der Waals surface area (Å²) in [5.74, 6) is 0.541. The van der Waals surface area contributed by atoms with Crippen molar-refractivity contribution >= 4 is 15.9 Å². The summed E-state index contributed by atoms with van der Waals surface area (Å²) in [7, 11) is -3.03. The van der Waals surface area contributed by atoms with Gasteiger partial charge < -0.3 is 4.52 Å². The summed E-state index contributed by atoms with van der Waals surface area (Å²) in [6, 6.07) is 5.65. The highest BCUT2D eigenvalue weighted by Crippen LogP contribution is 2.41. The lowest BCUT2D eigenvalue weighted by Gasteiger charge is -2.12. The summed E-state index contributed by atoms with van der Waals surface area (Å²) >= 11 is 0. The zero-order chi connectivity index (χ0) is 12.7. The summed E-state index contributed by atoms with van der Waals surface area (Å²) in [5, 5.41) is 0. The number of benzene rings is 1. The van der Waals surface area contributed by atoms with E-state index in [-0.39, 0.29) is 0 Å². The standard InChI is InChI=1S/C12H14O3P2/c1-3-6-10-8-5-9-11(7-4-2)12(10)15-17(14)16-13/h3-5,8-9,17H,1-2,6-7H2. The summed E-state index contributed by atoms with van der Waals surface area (Å²) in [5.41, 5.74) is 1.78. The van der Waals surface area contributed by atoms with Crippen molar-refractivity contribution < 1.29 is 13.7 Å². The van der Waals surface area contributed by atoms with Crippen LogP contribution in [0, 0.1) is 0 Å². The Bertz CT molecular complexity index is 427. The average molecular weight is 268 g/mol. The van der Waals surface area contributed by atoms with Crippen molar-refractivity contribution in [3.05, 3.63) is 54.6 Å². The van der Waals surface area contributed by atoms with Gasteiger partial charge >= 0.3 is 7.72 Å². The number of para-hydroxylation sites is 1. The Labute approximate surface area is 103 Å². The van der Waals surface area contributed by atoms with Crippen molar-refractivity contribution in [2.75, 3.05) is 0 Å². The van der Waals surface area contributed by atoms with Gasteiger partial charge in [0.15, 0.2) is 0 Å². The van der Waals surface area contributed by atoms with E-state index in [0.29, 0.717) is 18.6 Å². The quantitative estimate of drug-likeness (QED) is 0.549. The Morgan fingerprint density at radius 3 is 2.18 bits per heavy atom. The van der Waals surface area contributed by atoms with E-state index in [2.05, 4.69) is 13.2 Å². The van der Waals surface area contributed by atoms with Crippen LogP contribution in [0.5, 0.6) is 5.75 Å². The van der Waals surface area contributed by atoms with Gasteiger partial charge in [0.2, 0.25) is 0 Å². The van der Waals surface area contributed by atoms with Crippen LogP contribution in [0.4, 0.5) is 0 Å². The maximum absolute atomic E-state index is 11.3. The maximum Gasteiger partial charge on any atom is 0.324 e. The summed E-state index contributed by atoms with van der Waals surface area (Å²) < 4.78 is 27.0. The van der Waals surface area contributed by atoms with E-state index in [0.717, 1.165) is 11.1 Å².